The summed E-state index contributed by atoms with van der Waals surface area (Å²) < 4.78 is 0. The molecule has 0 aliphatic rings. The largest absolute Gasteiger partial charge is 0.299 e. The van der Waals surface area contributed by atoms with Gasteiger partial charge < -0.3 is 0 Å². The Bertz CT molecular complexity index is 329. The van der Waals surface area contributed by atoms with Gasteiger partial charge in [0.2, 0.25) is 0 Å². The van der Waals surface area contributed by atoms with Crippen molar-refractivity contribution in [1.29, 1.82) is 0 Å². The van der Waals surface area contributed by atoms with Crippen molar-refractivity contribution in [2.75, 3.05) is 13.1 Å². The zero-order chi connectivity index (χ0) is 15.3. The predicted molar refractivity (Wildman–Crippen MR) is 94.7 cm³/mol. The van der Waals surface area contributed by atoms with Crippen LogP contribution in [0.15, 0.2) is 24.3 Å². The molecule has 0 radical (unpaired) electrons. The molecule has 0 fully saturated rings. The van der Waals surface area contributed by atoms with E-state index in [-0.39, 0.29) is 0 Å². The van der Waals surface area contributed by atoms with Crippen molar-refractivity contribution >= 4 is 0 Å². The highest BCUT2D eigenvalue weighted by molar-refractivity contribution is 5.21. The molecular formula is C20H35N. The lowest BCUT2D eigenvalue weighted by atomic mass is 10.1. The first-order chi connectivity index (χ1) is 10.3. The molecule has 1 aromatic carbocycles. The molecule has 0 saturated heterocycles. The summed E-state index contributed by atoms with van der Waals surface area (Å²) in [5.41, 5.74) is 2.82. The first-order valence-electron chi connectivity index (χ1n) is 9.04. The van der Waals surface area contributed by atoms with E-state index in [1.807, 2.05) is 0 Å². The summed E-state index contributed by atoms with van der Waals surface area (Å²) in [6, 6.07) is 9.06. The van der Waals surface area contributed by atoms with Crippen LogP contribution in [0.2, 0.25) is 0 Å². The second kappa shape index (κ2) is 11.8. The van der Waals surface area contributed by atoms with Crippen molar-refractivity contribution in [3.8, 4) is 0 Å². The Hall–Kier alpha value is -0.820. The number of nitrogens with zero attached hydrogens (tertiary/aromatic N) is 1. The molecule has 0 spiro atoms. The van der Waals surface area contributed by atoms with Crippen LogP contribution in [0.3, 0.4) is 0 Å². The van der Waals surface area contributed by atoms with Crippen LogP contribution in [0.4, 0.5) is 0 Å². The van der Waals surface area contributed by atoms with Gasteiger partial charge in [-0.3, -0.25) is 4.90 Å². The fourth-order valence-electron chi connectivity index (χ4n) is 2.75. The van der Waals surface area contributed by atoms with Crippen LogP contribution < -0.4 is 0 Å². The van der Waals surface area contributed by atoms with E-state index >= 15 is 0 Å². The third-order valence-corrected chi connectivity index (χ3v) is 4.18. The molecular weight excluding hydrogens is 254 g/mol. The number of benzene rings is 1. The van der Waals surface area contributed by atoms with Crippen LogP contribution >= 0.6 is 0 Å². The summed E-state index contributed by atoms with van der Waals surface area (Å²) >= 11 is 0. The van der Waals surface area contributed by atoms with Crippen molar-refractivity contribution in [2.24, 2.45) is 0 Å². The van der Waals surface area contributed by atoms with Gasteiger partial charge in [0.25, 0.3) is 0 Å². The van der Waals surface area contributed by atoms with Crippen LogP contribution in [0, 0.1) is 6.92 Å². The average molecular weight is 290 g/mol. The number of rotatable bonds is 12. The lowest BCUT2D eigenvalue weighted by Crippen LogP contribution is -2.25. The van der Waals surface area contributed by atoms with E-state index in [4.69, 9.17) is 0 Å². The Balaban J connectivity index is 2.39. The smallest absolute Gasteiger partial charge is 0.0233 e. The van der Waals surface area contributed by atoms with Crippen molar-refractivity contribution in [1.82, 2.24) is 4.90 Å². The normalized spacial score (nSPS) is 11.2. The topological polar surface area (TPSA) is 3.24 Å². The van der Waals surface area contributed by atoms with E-state index in [0.717, 1.165) is 6.54 Å². The van der Waals surface area contributed by atoms with Crippen molar-refractivity contribution < 1.29 is 0 Å². The van der Waals surface area contributed by atoms with Gasteiger partial charge >= 0.3 is 0 Å². The monoisotopic (exact) mass is 289 g/mol. The molecule has 1 rings (SSSR count). The van der Waals surface area contributed by atoms with Crippen LogP contribution in [-0.4, -0.2) is 18.0 Å². The van der Waals surface area contributed by atoms with Gasteiger partial charge in [-0.25, -0.2) is 0 Å². The van der Waals surface area contributed by atoms with Gasteiger partial charge in [0.15, 0.2) is 0 Å². The molecule has 0 aromatic heterocycles. The maximum atomic E-state index is 2.66. The average Bonchev–Trinajstić information content (AvgIpc) is 2.50. The van der Waals surface area contributed by atoms with E-state index in [1.54, 1.807) is 0 Å². The number of hydrogen-bond donors (Lipinski definition) is 0. The number of unbranched alkanes of at least 4 members (excludes halogenated alkanes) is 6. The minimum absolute atomic E-state index is 1.12. The van der Waals surface area contributed by atoms with Crippen molar-refractivity contribution in [3.05, 3.63) is 35.4 Å². The van der Waals surface area contributed by atoms with Crippen LogP contribution in [0.5, 0.6) is 0 Å². The standard InChI is InChI=1S/C20H35N/c1-4-6-8-10-16-21(17-11-9-7-5-2)18-20-14-12-19(3)13-15-20/h12-15H,4-11,16-18H2,1-3H3. The molecule has 1 heteroatoms. The quantitative estimate of drug-likeness (QED) is 0.429. The molecule has 21 heavy (non-hydrogen) atoms. The third kappa shape index (κ3) is 8.93. The van der Waals surface area contributed by atoms with E-state index in [0.29, 0.717) is 0 Å². The summed E-state index contributed by atoms with van der Waals surface area (Å²) in [5.74, 6) is 0. The van der Waals surface area contributed by atoms with Gasteiger partial charge in [-0.1, -0.05) is 82.2 Å². The molecule has 0 amide bonds. The third-order valence-electron chi connectivity index (χ3n) is 4.18. The summed E-state index contributed by atoms with van der Waals surface area (Å²) in [4.78, 5) is 2.66. The zero-order valence-electron chi connectivity index (χ0n) is 14.5. The minimum atomic E-state index is 1.12. The van der Waals surface area contributed by atoms with Crippen LogP contribution in [-0.2, 0) is 6.54 Å². The highest BCUT2D eigenvalue weighted by Gasteiger charge is 2.05. The summed E-state index contributed by atoms with van der Waals surface area (Å²) in [6.45, 7) is 10.4. The van der Waals surface area contributed by atoms with Crippen LogP contribution in [0.25, 0.3) is 0 Å². The molecule has 0 unspecified atom stereocenters. The Kier molecular flexibility index (Phi) is 10.2. The van der Waals surface area contributed by atoms with E-state index in [2.05, 4.69) is 49.9 Å². The highest BCUT2D eigenvalue weighted by Crippen LogP contribution is 2.11. The lowest BCUT2D eigenvalue weighted by molar-refractivity contribution is 0.252. The Morgan fingerprint density at radius 1 is 0.714 bits per heavy atom. The summed E-state index contributed by atoms with van der Waals surface area (Å²) in [6.07, 6.45) is 10.9. The molecule has 0 N–H and O–H groups in total. The predicted octanol–water partition coefficient (Wildman–Crippen LogP) is 5.96. The van der Waals surface area contributed by atoms with Gasteiger partial charge in [-0.2, -0.15) is 0 Å². The maximum Gasteiger partial charge on any atom is 0.0233 e. The molecule has 1 nitrogen and oxygen atoms in total. The number of hydrogen-bond acceptors (Lipinski definition) is 1. The van der Waals surface area contributed by atoms with E-state index in [9.17, 15) is 0 Å². The molecule has 0 atom stereocenters. The lowest BCUT2D eigenvalue weighted by Gasteiger charge is -2.22. The van der Waals surface area contributed by atoms with Gasteiger partial charge in [0, 0.05) is 6.54 Å². The van der Waals surface area contributed by atoms with E-state index in [1.165, 1.54) is 75.6 Å². The Labute approximate surface area is 132 Å². The Morgan fingerprint density at radius 3 is 1.71 bits per heavy atom. The maximum absolute atomic E-state index is 2.66. The van der Waals surface area contributed by atoms with Crippen molar-refractivity contribution in [3.63, 3.8) is 0 Å². The van der Waals surface area contributed by atoms with Gasteiger partial charge in [-0.05, 0) is 38.4 Å². The van der Waals surface area contributed by atoms with Gasteiger partial charge in [0.05, 0.1) is 0 Å². The second-order valence-corrected chi connectivity index (χ2v) is 6.38. The molecule has 1 aromatic rings. The van der Waals surface area contributed by atoms with E-state index < -0.39 is 0 Å². The molecule has 0 saturated carbocycles. The fraction of sp³-hybridized carbons (Fsp3) is 0.700. The van der Waals surface area contributed by atoms with Crippen molar-refractivity contribution in [2.45, 2.75) is 78.7 Å². The summed E-state index contributed by atoms with van der Waals surface area (Å²) in [7, 11) is 0. The van der Waals surface area contributed by atoms with Gasteiger partial charge in [0.1, 0.15) is 0 Å². The molecule has 0 bridgehead atoms. The number of aryl methyl sites for hydroxylation is 1. The molecule has 120 valence electrons. The molecule has 0 aliphatic carbocycles. The Morgan fingerprint density at radius 2 is 1.24 bits per heavy atom. The summed E-state index contributed by atoms with van der Waals surface area (Å²) in [5, 5.41) is 0. The molecule has 0 heterocycles. The minimum Gasteiger partial charge on any atom is -0.299 e. The highest BCUT2D eigenvalue weighted by atomic mass is 15.1. The first-order valence-corrected chi connectivity index (χ1v) is 9.04. The van der Waals surface area contributed by atoms with Crippen LogP contribution in [0.1, 0.15) is 76.3 Å². The molecule has 0 aliphatic heterocycles. The zero-order valence-corrected chi connectivity index (χ0v) is 14.5. The fourth-order valence-corrected chi connectivity index (χ4v) is 2.75. The first kappa shape index (κ1) is 18.2. The second-order valence-electron chi connectivity index (χ2n) is 6.38. The van der Waals surface area contributed by atoms with Gasteiger partial charge in [-0.15, -0.1) is 0 Å². The SMILES string of the molecule is CCCCCCN(CCCCCC)Cc1ccc(C)cc1.